The van der Waals surface area contributed by atoms with Gasteiger partial charge in [0.05, 0.1) is 35.5 Å². The summed E-state index contributed by atoms with van der Waals surface area (Å²) in [5.41, 5.74) is 2.19. The van der Waals surface area contributed by atoms with Crippen LogP contribution in [0.2, 0.25) is 0 Å². The molecule has 2 bridgehead atoms. The molecule has 8 atom stereocenters. The molecule has 4 aliphatic rings. The number of nitrogens with zero attached hydrogens (tertiary/aromatic N) is 5. The maximum atomic E-state index is 14.5. The van der Waals surface area contributed by atoms with Gasteiger partial charge in [0.25, 0.3) is 0 Å². The summed E-state index contributed by atoms with van der Waals surface area (Å²) < 4.78 is 18.9. The number of rotatable bonds is 5. The number of carbonyl (C=O) groups excluding carboxylic acids is 3. The lowest BCUT2D eigenvalue weighted by atomic mass is 9.85. The zero-order chi connectivity index (χ0) is 35.9. The fraction of sp³-hybridized carbons (Fsp3) is 0.615. The second-order valence-corrected chi connectivity index (χ2v) is 15.9. The van der Waals surface area contributed by atoms with Crippen LogP contribution in [0.25, 0.3) is 11.0 Å². The summed E-state index contributed by atoms with van der Waals surface area (Å²) in [6.07, 6.45) is 11.0. The van der Waals surface area contributed by atoms with Gasteiger partial charge < -0.3 is 24.4 Å². The number of benzene rings is 1. The number of Topliss-reactive ketones (excluding diaryl/α,β-unsaturated/α-hetero) is 1. The number of aromatic nitrogens is 4. The molecule has 272 valence electrons. The average Bonchev–Trinajstić information content (AvgIpc) is 3.63. The number of ketones is 1. The number of carbonyl (C=O) groups is 3. The molecule has 0 radical (unpaired) electrons. The zero-order valence-electron chi connectivity index (χ0n) is 30.3. The highest BCUT2D eigenvalue weighted by Crippen LogP contribution is 2.57. The molecule has 2 saturated carbocycles. The number of aryl methyl sites for hydroxylation is 1. The third kappa shape index (κ3) is 7.51. The Hall–Kier alpha value is -4.35. The molecule has 12 nitrogen and oxygen atoms in total. The van der Waals surface area contributed by atoms with Crippen molar-refractivity contribution in [2.45, 2.75) is 117 Å². The van der Waals surface area contributed by atoms with E-state index in [4.69, 9.17) is 24.2 Å². The van der Waals surface area contributed by atoms with Crippen molar-refractivity contribution in [2.24, 2.45) is 29.1 Å². The van der Waals surface area contributed by atoms with Gasteiger partial charge in [-0.05, 0) is 80.8 Å². The Morgan fingerprint density at radius 3 is 2.61 bits per heavy atom. The summed E-state index contributed by atoms with van der Waals surface area (Å²) in [5, 5.41) is 2.94. The molecule has 2 unspecified atom stereocenters. The van der Waals surface area contributed by atoms with E-state index in [9.17, 15) is 14.4 Å². The minimum atomic E-state index is -0.896. The second kappa shape index (κ2) is 14.3. The maximum absolute atomic E-state index is 14.5. The molecule has 1 aromatic carbocycles. The fourth-order valence-electron chi connectivity index (χ4n) is 8.65. The van der Waals surface area contributed by atoms with Gasteiger partial charge in [0.2, 0.25) is 11.8 Å². The molecule has 7 rings (SSSR count). The first kappa shape index (κ1) is 35.1. The first-order valence-electron chi connectivity index (χ1n) is 18.6. The minimum absolute atomic E-state index is 0.120. The van der Waals surface area contributed by atoms with Crippen molar-refractivity contribution in [3.05, 3.63) is 48.2 Å². The number of hydrogen-bond donors (Lipinski definition) is 1. The van der Waals surface area contributed by atoms with Gasteiger partial charge >= 0.3 is 6.09 Å². The van der Waals surface area contributed by atoms with Crippen molar-refractivity contribution >= 4 is 28.8 Å². The Bertz CT molecular complexity index is 1760. The molecular weight excluding hydrogens is 648 g/mol. The van der Waals surface area contributed by atoms with Gasteiger partial charge in [0.1, 0.15) is 36.3 Å². The van der Waals surface area contributed by atoms with Crippen LogP contribution in [0.1, 0.15) is 91.0 Å². The lowest BCUT2D eigenvalue weighted by Gasteiger charge is -2.36. The van der Waals surface area contributed by atoms with Crippen LogP contribution in [0.3, 0.4) is 0 Å². The molecule has 1 N–H and O–H groups in total. The molecule has 2 aliphatic carbocycles. The van der Waals surface area contributed by atoms with Crippen LogP contribution in [0.15, 0.2) is 36.8 Å². The van der Waals surface area contributed by atoms with Gasteiger partial charge in [-0.3, -0.25) is 19.6 Å². The van der Waals surface area contributed by atoms with Crippen LogP contribution >= 0.6 is 0 Å². The number of nitrogens with one attached hydrogen (secondary N) is 1. The molecule has 2 amide bonds. The smallest absolute Gasteiger partial charge is 0.408 e. The van der Waals surface area contributed by atoms with Gasteiger partial charge in [-0.25, -0.2) is 14.8 Å². The molecule has 2 aromatic heterocycles. The van der Waals surface area contributed by atoms with Gasteiger partial charge in [-0.15, -0.1) is 0 Å². The summed E-state index contributed by atoms with van der Waals surface area (Å²) in [5.74, 6) is 1.88. The summed E-state index contributed by atoms with van der Waals surface area (Å²) in [6, 6.07) is 4.02. The van der Waals surface area contributed by atoms with Crippen LogP contribution < -0.4 is 14.8 Å². The highest BCUT2D eigenvalue weighted by molar-refractivity contribution is 5.92. The van der Waals surface area contributed by atoms with Crippen molar-refractivity contribution in [1.82, 2.24) is 30.2 Å². The number of fused-ring (bicyclic) bond motifs is 7. The van der Waals surface area contributed by atoms with E-state index < -0.39 is 29.7 Å². The van der Waals surface area contributed by atoms with Crippen LogP contribution in [-0.4, -0.2) is 73.5 Å². The highest BCUT2D eigenvalue weighted by Gasteiger charge is 2.55. The van der Waals surface area contributed by atoms with E-state index in [2.05, 4.69) is 15.3 Å². The number of ether oxygens (including phenoxy) is 3. The Morgan fingerprint density at radius 1 is 1.02 bits per heavy atom. The van der Waals surface area contributed by atoms with Crippen molar-refractivity contribution in [2.75, 3.05) is 6.54 Å². The van der Waals surface area contributed by atoms with Crippen molar-refractivity contribution in [3.8, 4) is 11.6 Å². The molecule has 3 fully saturated rings. The second-order valence-electron chi connectivity index (χ2n) is 15.9. The van der Waals surface area contributed by atoms with E-state index >= 15 is 0 Å². The van der Waals surface area contributed by atoms with Crippen LogP contribution in [0, 0.1) is 29.1 Å². The Labute approximate surface area is 299 Å². The summed E-state index contributed by atoms with van der Waals surface area (Å²) in [7, 11) is 0. The SMILES string of the molecule is CC[C@@H]1[C@@H]2CN(C(=O)[C@H](C(C)(C)C)NC(=O)O[C@@H]3CC4CC4[C@H]3CCCCCc3nc4ccc(OCc5cnccn5)cc4nc3O2)[C@@H]1C(C)=O. The van der Waals surface area contributed by atoms with E-state index in [1.54, 1.807) is 23.5 Å². The Balaban J connectivity index is 1.22. The van der Waals surface area contributed by atoms with E-state index in [0.29, 0.717) is 53.4 Å². The highest BCUT2D eigenvalue weighted by atomic mass is 16.6. The lowest BCUT2D eigenvalue weighted by Crippen LogP contribution is -2.57. The molecule has 12 heteroatoms. The fourth-order valence-corrected chi connectivity index (χ4v) is 8.65. The topological polar surface area (TPSA) is 146 Å². The van der Waals surface area contributed by atoms with Crippen molar-refractivity contribution in [3.63, 3.8) is 0 Å². The van der Waals surface area contributed by atoms with Gasteiger partial charge in [0, 0.05) is 24.4 Å². The lowest BCUT2D eigenvalue weighted by molar-refractivity contribution is -0.141. The van der Waals surface area contributed by atoms with E-state index in [0.717, 1.165) is 43.3 Å². The van der Waals surface area contributed by atoms with Crippen molar-refractivity contribution in [1.29, 1.82) is 0 Å². The number of alkyl carbamates (subject to hydrolysis) is 1. The van der Waals surface area contributed by atoms with Gasteiger partial charge in [0.15, 0.2) is 5.78 Å². The molecule has 1 saturated heterocycles. The molecule has 0 spiro atoms. The van der Waals surface area contributed by atoms with Gasteiger partial charge in [-0.1, -0.05) is 40.5 Å². The standard InChI is InChI=1S/C39H50N6O6/c1-6-26-33-20-45(34(26)22(2)46)37(47)35(39(3,4)5)44-38(48)51-32-17-23-16-28(23)27(32)10-8-7-9-11-30-36(50-33)43-31-18-25(12-13-29(31)42-30)49-21-24-19-40-14-15-41-24/h12-15,18-19,23,26-28,32-35H,6-11,16-17,20-21H2,1-5H3,(H,44,48)/t23?,26-,27-,28?,32-,33+,34-,35-/m1/s1. The zero-order valence-corrected chi connectivity index (χ0v) is 30.3. The van der Waals surface area contributed by atoms with E-state index in [1.807, 2.05) is 45.9 Å². The van der Waals surface area contributed by atoms with Crippen LogP contribution in [0.4, 0.5) is 4.79 Å². The first-order chi connectivity index (χ1) is 24.5. The third-order valence-corrected chi connectivity index (χ3v) is 11.3. The minimum Gasteiger partial charge on any atom is -0.487 e. The quantitative estimate of drug-likeness (QED) is 0.344. The monoisotopic (exact) mass is 698 g/mol. The van der Waals surface area contributed by atoms with Gasteiger partial charge in [-0.2, -0.15) is 0 Å². The molecule has 3 aromatic rings. The normalized spacial score (nSPS) is 29.8. The Morgan fingerprint density at radius 2 is 1.86 bits per heavy atom. The largest absolute Gasteiger partial charge is 0.487 e. The average molecular weight is 699 g/mol. The van der Waals surface area contributed by atoms with E-state index in [-0.39, 0.29) is 36.9 Å². The van der Waals surface area contributed by atoms with Crippen LogP contribution in [-0.2, 0) is 27.4 Å². The van der Waals surface area contributed by atoms with Crippen molar-refractivity contribution < 1.29 is 28.6 Å². The molecule has 2 aliphatic heterocycles. The summed E-state index contributed by atoms with van der Waals surface area (Å²) in [6.45, 7) is 9.72. The molecule has 4 heterocycles. The summed E-state index contributed by atoms with van der Waals surface area (Å²) in [4.78, 5) is 61.3. The number of hydrogen-bond acceptors (Lipinski definition) is 10. The third-order valence-electron chi connectivity index (χ3n) is 11.3. The predicted molar refractivity (Wildman–Crippen MR) is 189 cm³/mol. The molecular formula is C39H50N6O6. The Kier molecular flexibility index (Phi) is 9.86. The predicted octanol–water partition coefficient (Wildman–Crippen LogP) is 5.85. The maximum Gasteiger partial charge on any atom is 0.408 e. The molecule has 51 heavy (non-hydrogen) atoms. The summed E-state index contributed by atoms with van der Waals surface area (Å²) >= 11 is 0. The van der Waals surface area contributed by atoms with Crippen LogP contribution in [0.5, 0.6) is 11.6 Å². The first-order valence-corrected chi connectivity index (χ1v) is 18.6. The number of amides is 2. The van der Waals surface area contributed by atoms with E-state index in [1.165, 1.54) is 13.3 Å².